The first-order chi connectivity index (χ1) is 10.8. The zero-order valence-corrected chi connectivity index (χ0v) is 12.9. The van der Waals surface area contributed by atoms with Crippen LogP contribution < -0.4 is 10.1 Å². The zero-order valence-electron chi connectivity index (χ0n) is 12.1. The number of amides is 2. The van der Waals surface area contributed by atoms with Crippen LogP contribution in [0, 0.1) is 0 Å². The third-order valence-corrected chi connectivity index (χ3v) is 3.99. The van der Waals surface area contributed by atoms with Crippen LogP contribution in [-0.4, -0.2) is 41.3 Å². The average molecular weight is 348 g/mol. The first kappa shape index (κ1) is 17.5. The smallest absolute Gasteiger partial charge is 0.406 e. The molecule has 1 aliphatic rings. The molecule has 5 nitrogen and oxygen atoms in total. The number of rotatable bonds is 6. The fourth-order valence-electron chi connectivity index (χ4n) is 1.96. The van der Waals surface area contributed by atoms with Crippen molar-refractivity contribution in [2.45, 2.75) is 19.3 Å². The Morgan fingerprint density at radius 3 is 2.57 bits per heavy atom. The van der Waals surface area contributed by atoms with Crippen molar-refractivity contribution >= 4 is 22.9 Å². The summed E-state index contributed by atoms with van der Waals surface area (Å²) < 4.78 is 39.8. The van der Waals surface area contributed by atoms with Crippen LogP contribution in [0.15, 0.2) is 24.3 Å². The van der Waals surface area contributed by atoms with Gasteiger partial charge >= 0.3 is 6.36 Å². The monoisotopic (exact) mass is 348 g/mol. The summed E-state index contributed by atoms with van der Waals surface area (Å²) in [5.41, 5.74) is 0.653. The van der Waals surface area contributed by atoms with Gasteiger partial charge in [0.2, 0.25) is 5.91 Å². The van der Waals surface area contributed by atoms with E-state index in [9.17, 15) is 22.8 Å². The van der Waals surface area contributed by atoms with Crippen LogP contribution in [0.2, 0.25) is 0 Å². The maximum absolute atomic E-state index is 12.0. The number of thioether (sulfide) groups is 1. The number of carbonyl (C=O) groups is 2. The highest BCUT2D eigenvalue weighted by Crippen LogP contribution is 2.22. The number of hydrogen-bond donors (Lipinski definition) is 1. The maximum atomic E-state index is 12.0. The molecule has 1 N–H and O–H groups in total. The minimum Gasteiger partial charge on any atom is -0.406 e. The molecule has 0 saturated carbocycles. The van der Waals surface area contributed by atoms with Crippen molar-refractivity contribution in [3.05, 3.63) is 29.8 Å². The van der Waals surface area contributed by atoms with Gasteiger partial charge in [0.25, 0.3) is 5.24 Å². The Hall–Kier alpha value is -1.90. The van der Waals surface area contributed by atoms with Crippen molar-refractivity contribution in [3.63, 3.8) is 0 Å². The van der Waals surface area contributed by atoms with E-state index >= 15 is 0 Å². The highest BCUT2D eigenvalue weighted by molar-refractivity contribution is 8.13. The van der Waals surface area contributed by atoms with E-state index < -0.39 is 6.36 Å². The molecule has 1 aliphatic heterocycles. The van der Waals surface area contributed by atoms with E-state index in [0.29, 0.717) is 18.7 Å². The summed E-state index contributed by atoms with van der Waals surface area (Å²) in [6.07, 6.45) is -4.53. The van der Waals surface area contributed by atoms with Gasteiger partial charge in [-0.05, 0) is 17.7 Å². The van der Waals surface area contributed by atoms with Crippen molar-refractivity contribution < 1.29 is 27.5 Å². The van der Waals surface area contributed by atoms with E-state index in [2.05, 4.69) is 10.1 Å². The van der Waals surface area contributed by atoms with E-state index in [-0.39, 0.29) is 29.9 Å². The van der Waals surface area contributed by atoms with Crippen LogP contribution in [0.1, 0.15) is 12.0 Å². The lowest BCUT2D eigenvalue weighted by Crippen LogP contribution is -2.30. The molecule has 1 aromatic carbocycles. The van der Waals surface area contributed by atoms with Crippen molar-refractivity contribution in [2.75, 3.05) is 18.8 Å². The Balaban J connectivity index is 1.72. The molecule has 1 heterocycles. The molecule has 0 spiro atoms. The molecule has 1 saturated heterocycles. The number of benzene rings is 1. The minimum atomic E-state index is -4.72. The van der Waals surface area contributed by atoms with Gasteiger partial charge in [0.15, 0.2) is 0 Å². The number of ether oxygens (including phenoxy) is 1. The number of alkyl halides is 3. The van der Waals surface area contributed by atoms with E-state index in [0.717, 1.165) is 5.75 Å². The lowest BCUT2D eigenvalue weighted by Gasteiger charge is -2.14. The van der Waals surface area contributed by atoms with Crippen molar-refractivity contribution in [3.8, 4) is 5.75 Å². The highest BCUT2D eigenvalue weighted by Gasteiger charge is 2.30. The second-order valence-corrected chi connectivity index (χ2v) is 5.87. The predicted octanol–water partition coefficient (Wildman–Crippen LogP) is 2.76. The summed E-state index contributed by atoms with van der Waals surface area (Å²) in [6.45, 7) is 1.22. The third kappa shape index (κ3) is 6.01. The molecule has 2 amide bonds. The van der Waals surface area contributed by atoms with Crippen molar-refractivity contribution in [1.82, 2.24) is 10.2 Å². The molecule has 0 radical (unpaired) electrons. The summed E-state index contributed by atoms with van der Waals surface area (Å²) in [6, 6.07) is 5.27. The van der Waals surface area contributed by atoms with Crippen LogP contribution in [0.4, 0.5) is 18.0 Å². The molecule has 23 heavy (non-hydrogen) atoms. The number of nitrogens with one attached hydrogen (secondary N) is 1. The predicted molar refractivity (Wildman–Crippen MR) is 79.0 cm³/mol. The summed E-state index contributed by atoms with van der Waals surface area (Å²) in [5, 5.41) is 2.64. The zero-order chi connectivity index (χ0) is 16.9. The van der Waals surface area contributed by atoms with Gasteiger partial charge in [-0.15, -0.1) is 13.2 Å². The Kier molecular flexibility index (Phi) is 5.75. The third-order valence-electron chi connectivity index (χ3n) is 3.10. The lowest BCUT2D eigenvalue weighted by atomic mass is 10.2. The second-order valence-electron chi connectivity index (χ2n) is 4.82. The van der Waals surface area contributed by atoms with Gasteiger partial charge in [-0.3, -0.25) is 9.59 Å². The summed E-state index contributed by atoms with van der Waals surface area (Å²) in [7, 11) is 0. The van der Waals surface area contributed by atoms with E-state index in [1.54, 1.807) is 4.90 Å². The normalized spacial score (nSPS) is 14.9. The van der Waals surface area contributed by atoms with Gasteiger partial charge in [0.1, 0.15) is 5.75 Å². The molecule has 1 aromatic rings. The molecule has 0 atom stereocenters. The molecular formula is C14H15F3N2O3S. The summed E-state index contributed by atoms with van der Waals surface area (Å²) in [5.74, 6) is 0.218. The Morgan fingerprint density at radius 1 is 1.30 bits per heavy atom. The fourth-order valence-corrected chi connectivity index (χ4v) is 2.81. The van der Waals surface area contributed by atoms with Crippen LogP contribution in [0.25, 0.3) is 0 Å². The van der Waals surface area contributed by atoms with Gasteiger partial charge in [-0.1, -0.05) is 23.9 Å². The van der Waals surface area contributed by atoms with E-state index in [4.69, 9.17) is 0 Å². The number of nitrogens with zero attached hydrogens (tertiary/aromatic N) is 1. The van der Waals surface area contributed by atoms with E-state index in [1.807, 2.05) is 0 Å². The molecule has 9 heteroatoms. The molecule has 0 bridgehead atoms. The first-order valence-corrected chi connectivity index (χ1v) is 7.85. The molecule has 2 rings (SSSR count). The summed E-state index contributed by atoms with van der Waals surface area (Å²) >= 11 is 1.24. The molecular weight excluding hydrogens is 333 g/mol. The van der Waals surface area contributed by atoms with Gasteiger partial charge in [-0.25, -0.2) is 0 Å². The Bertz CT molecular complexity index is 563. The Morgan fingerprint density at radius 2 is 2.00 bits per heavy atom. The number of carbonyl (C=O) groups excluding carboxylic acids is 2. The summed E-state index contributed by atoms with van der Waals surface area (Å²) in [4.78, 5) is 24.7. The quantitative estimate of drug-likeness (QED) is 0.859. The van der Waals surface area contributed by atoms with Crippen LogP contribution in [0.3, 0.4) is 0 Å². The van der Waals surface area contributed by atoms with Gasteiger partial charge in [0, 0.05) is 31.8 Å². The van der Waals surface area contributed by atoms with Crippen LogP contribution in [-0.2, 0) is 11.3 Å². The molecule has 0 unspecified atom stereocenters. The van der Waals surface area contributed by atoms with Crippen LogP contribution in [0.5, 0.6) is 5.75 Å². The first-order valence-electron chi connectivity index (χ1n) is 6.86. The standard InChI is InChI=1S/C14H15F3N2O3S/c15-14(16,17)22-11-3-1-10(2-4-11)9-18-12(20)5-6-19-7-8-23-13(19)21/h1-4H,5-9H2,(H,18,20). The molecule has 0 aliphatic carbocycles. The van der Waals surface area contributed by atoms with Crippen LogP contribution >= 0.6 is 11.8 Å². The SMILES string of the molecule is O=C(CCN1CCSC1=O)NCc1ccc(OC(F)(F)F)cc1. The largest absolute Gasteiger partial charge is 0.573 e. The topological polar surface area (TPSA) is 58.6 Å². The molecule has 0 aromatic heterocycles. The Labute approximate surface area is 135 Å². The van der Waals surface area contributed by atoms with E-state index in [1.165, 1.54) is 36.0 Å². The number of halogens is 3. The number of hydrogen-bond acceptors (Lipinski definition) is 4. The highest BCUT2D eigenvalue weighted by atomic mass is 32.2. The average Bonchev–Trinajstić information content (AvgIpc) is 2.88. The van der Waals surface area contributed by atoms with Crippen molar-refractivity contribution in [2.24, 2.45) is 0 Å². The minimum absolute atomic E-state index is 0.0157. The maximum Gasteiger partial charge on any atom is 0.573 e. The molecule has 1 fully saturated rings. The van der Waals surface area contributed by atoms with Gasteiger partial charge in [-0.2, -0.15) is 0 Å². The lowest BCUT2D eigenvalue weighted by molar-refractivity contribution is -0.274. The molecule has 126 valence electrons. The van der Waals surface area contributed by atoms with Gasteiger partial charge in [0.05, 0.1) is 0 Å². The fraction of sp³-hybridized carbons (Fsp3) is 0.429. The van der Waals surface area contributed by atoms with Gasteiger partial charge < -0.3 is 15.0 Å². The second kappa shape index (κ2) is 7.58. The van der Waals surface area contributed by atoms with Crippen molar-refractivity contribution in [1.29, 1.82) is 0 Å².